The highest BCUT2D eigenvalue weighted by Gasteiger charge is 2.20. The Labute approximate surface area is 172 Å². The van der Waals surface area contributed by atoms with Gasteiger partial charge in [-0.05, 0) is 73.4 Å². The zero-order valence-corrected chi connectivity index (χ0v) is 17.2. The lowest BCUT2D eigenvalue weighted by atomic mass is 9.94. The Balaban J connectivity index is 1.49. The highest BCUT2D eigenvalue weighted by molar-refractivity contribution is 5.77. The lowest BCUT2D eigenvalue weighted by molar-refractivity contribution is -0.121. The predicted molar refractivity (Wildman–Crippen MR) is 114 cm³/mol. The topological polar surface area (TPSA) is 70.7 Å². The van der Waals surface area contributed by atoms with Gasteiger partial charge in [0.2, 0.25) is 5.91 Å². The van der Waals surface area contributed by atoms with Crippen molar-refractivity contribution in [3.05, 3.63) is 81.9 Å². The molecule has 0 aliphatic heterocycles. The molecule has 3 aromatic rings. The summed E-state index contributed by atoms with van der Waals surface area (Å²) in [5, 5.41) is 10.9. The molecule has 2 aromatic heterocycles. The first-order valence-corrected chi connectivity index (χ1v) is 10.4. The van der Waals surface area contributed by atoms with Gasteiger partial charge in [0.1, 0.15) is 0 Å². The lowest BCUT2D eigenvalue weighted by Gasteiger charge is -2.20. The van der Waals surface area contributed by atoms with Gasteiger partial charge in [-0.3, -0.25) is 14.9 Å². The van der Waals surface area contributed by atoms with Crippen molar-refractivity contribution in [3.63, 3.8) is 0 Å². The largest absolute Gasteiger partial charge is 0.345 e. The Kier molecular flexibility index (Phi) is 5.74. The zero-order chi connectivity index (χ0) is 20.2. The third kappa shape index (κ3) is 4.39. The van der Waals surface area contributed by atoms with Gasteiger partial charge in [0, 0.05) is 30.9 Å². The maximum absolute atomic E-state index is 12.8. The van der Waals surface area contributed by atoms with Crippen LogP contribution in [0.1, 0.15) is 64.5 Å². The number of hydrogen-bond donors (Lipinski definition) is 2. The van der Waals surface area contributed by atoms with E-state index in [1.807, 2.05) is 18.3 Å². The number of H-pyrrole nitrogens is 1. The smallest absolute Gasteiger partial charge is 0.221 e. The molecule has 0 saturated heterocycles. The van der Waals surface area contributed by atoms with Crippen LogP contribution in [0.3, 0.4) is 0 Å². The van der Waals surface area contributed by atoms with Crippen LogP contribution in [0.5, 0.6) is 0 Å². The molecule has 150 valence electrons. The van der Waals surface area contributed by atoms with Gasteiger partial charge in [0.05, 0.1) is 11.7 Å². The van der Waals surface area contributed by atoms with Crippen LogP contribution in [0.4, 0.5) is 0 Å². The molecule has 0 radical (unpaired) electrons. The molecule has 1 aromatic carbocycles. The van der Waals surface area contributed by atoms with Crippen LogP contribution < -0.4 is 5.32 Å². The number of fused-ring (bicyclic) bond motifs is 1. The van der Waals surface area contributed by atoms with Gasteiger partial charge in [0.15, 0.2) is 0 Å². The molecule has 0 fully saturated rings. The molecule has 2 heterocycles. The van der Waals surface area contributed by atoms with Gasteiger partial charge < -0.3 is 5.32 Å². The number of nitrogens with one attached hydrogen (secondary N) is 2. The van der Waals surface area contributed by atoms with Crippen LogP contribution >= 0.6 is 0 Å². The maximum Gasteiger partial charge on any atom is 0.221 e. The molecule has 29 heavy (non-hydrogen) atoms. The average molecular weight is 389 g/mol. The van der Waals surface area contributed by atoms with Crippen molar-refractivity contribution >= 4 is 5.91 Å². The molecule has 0 bridgehead atoms. The summed E-state index contributed by atoms with van der Waals surface area (Å²) >= 11 is 0. The summed E-state index contributed by atoms with van der Waals surface area (Å²) in [4.78, 5) is 17.1. The number of benzene rings is 1. The van der Waals surface area contributed by atoms with Crippen molar-refractivity contribution in [1.29, 1.82) is 0 Å². The van der Waals surface area contributed by atoms with Crippen molar-refractivity contribution in [2.45, 2.75) is 58.4 Å². The predicted octanol–water partition coefficient (Wildman–Crippen LogP) is 4.14. The van der Waals surface area contributed by atoms with E-state index in [2.05, 4.69) is 52.5 Å². The number of aryl methyl sites for hydroxylation is 4. The third-order valence-corrected chi connectivity index (χ3v) is 5.92. The summed E-state index contributed by atoms with van der Waals surface area (Å²) in [5.41, 5.74) is 8.17. The van der Waals surface area contributed by atoms with Gasteiger partial charge in [-0.15, -0.1) is 0 Å². The minimum absolute atomic E-state index is 0.0321. The van der Waals surface area contributed by atoms with E-state index in [9.17, 15) is 4.79 Å². The monoisotopic (exact) mass is 388 g/mol. The van der Waals surface area contributed by atoms with Crippen LogP contribution in [-0.4, -0.2) is 21.1 Å². The number of hydrogen-bond acceptors (Lipinski definition) is 3. The normalized spacial score (nSPS) is 14.3. The Morgan fingerprint density at radius 2 is 2.00 bits per heavy atom. The molecule has 2 N–H and O–H groups in total. The van der Waals surface area contributed by atoms with Crippen LogP contribution in [0, 0.1) is 13.8 Å². The van der Waals surface area contributed by atoms with E-state index in [0.29, 0.717) is 12.8 Å². The van der Waals surface area contributed by atoms with Crippen molar-refractivity contribution in [1.82, 2.24) is 20.5 Å². The van der Waals surface area contributed by atoms with Crippen LogP contribution in [0.15, 0.2) is 42.7 Å². The maximum atomic E-state index is 12.8. The fourth-order valence-electron chi connectivity index (χ4n) is 4.07. The fourth-order valence-corrected chi connectivity index (χ4v) is 4.07. The number of aromatic nitrogens is 3. The Hall–Kier alpha value is -2.95. The van der Waals surface area contributed by atoms with Crippen LogP contribution in [0.2, 0.25) is 0 Å². The van der Waals surface area contributed by atoms with Crippen molar-refractivity contribution < 1.29 is 4.79 Å². The third-order valence-electron chi connectivity index (χ3n) is 5.92. The van der Waals surface area contributed by atoms with E-state index in [-0.39, 0.29) is 11.9 Å². The van der Waals surface area contributed by atoms with Crippen LogP contribution in [0.25, 0.3) is 0 Å². The SMILES string of the molecule is Cc1ccc([C@@H](NC(=O)CCc2n[nH]c3c2CCCC3)c2cccnc2)cc1C. The summed E-state index contributed by atoms with van der Waals surface area (Å²) in [6.07, 6.45) is 9.25. The van der Waals surface area contributed by atoms with E-state index in [0.717, 1.165) is 29.7 Å². The molecular weight excluding hydrogens is 360 g/mol. The molecule has 1 amide bonds. The zero-order valence-electron chi connectivity index (χ0n) is 17.2. The number of carbonyl (C=O) groups is 1. The highest BCUT2D eigenvalue weighted by Crippen LogP contribution is 2.25. The Morgan fingerprint density at radius 3 is 2.79 bits per heavy atom. The van der Waals surface area contributed by atoms with E-state index in [1.54, 1.807) is 6.20 Å². The first-order valence-electron chi connectivity index (χ1n) is 10.4. The molecule has 5 heteroatoms. The van der Waals surface area contributed by atoms with E-state index >= 15 is 0 Å². The number of aromatic amines is 1. The molecule has 0 spiro atoms. The molecule has 0 saturated carbocycles. The number of rotatable bonds is 6. The number of pyridine rings is 1. The number of nitrogens with zero attached hydrogens (tertiary/aromatic N) is 2. The Morgan fingerprint density at radius 1 is 1.14 bits per heavy atom. The van der Waals surface area contributed by atoms with Gasteiger partial charge in [-0.2, -0.15) is 5.10 Å². The first-order chi connectivity index (χ1) is 14.1. The van der Waals surface area contributed by atoms with Gasteiger partial charge in [-0.25, -0.2) is 0 Å². The van der Waals surface area contributed by atoms with Crippen molar-refractivity contribution in [2.75, 3.05) is 0 Å². The molecule has 1 aliphatic carbocycles. The molecule has 4 rings (SSSR count). The summed E-state index contributed by atoms with van der Waals surface area (Å²) in [5.74, 6) is 0.0321. The van der Waals surface area contributed by atoms with Crippen LogP contribution in [-0.2, 0) is 24.1 Å². The summed E-state index contributed by atoms with van der Waals surface area (Å²) in [6, 6.07) is 10.1. The second kappa shape index (κ2) is 8.60. The van der Waals surface area contributed by atoms with E-state index < -0.39 is 0 Å². The van der Waals surface area contributed by atoms with Gasteiger partial charge in [-0.1, -0.05) is 24.3 Å². The minimum atomic E-state index is -0.205. The molecular formula is C24H28N4O. The minimum Gasteiger partial charge on any atom is -0.345 e. The molecule has 1 atom stereocenters. The average Bonchev–Trinajstić information content (AvgIpc) is 3.16. The van der Waals surface area contributed by atoms with E-state index in [1.165, 1.54) is 35.2 Å². The standard InChI is InChI=1S/C24H28N4O/c1-16-9-10-18(14-17(16)2)24(19-6-5-13-25-15-19)26-23(29)12-11-22-20-7-3-4-8-21(20)27-28-22/h5-6,9-10,13-15,24H,3-4,7-8,11-12H2,1-2H3,(H,26,29)(H,27,28)/t24-/m1/s1. The fraction of sp³-hybridized carbons (Fsp3) is 0.375. The van der Waals surface area contributed by atoms with Crippen molar-refractivity contribution in [2.24, 2.45) is 0 Å². The quantitative estimate of drug-likeness (QED) is 0.667. The second-order valence-corrected chi connectivity index (χ2v) is 7.97. The molecule has 1 aliphatic rings. The van der Waals surface area contributed by atoms with Gasteiger partial charge >= 0.3 is 0 Å². The summed E-state index contributed by atoms with van der Waals surface area (Å²) in [6.45, 7) is 4.20. The lowest BCUT2D eigenvalue weighted by Crippen LogP contribution is -2.29. The molecule has 0 unspecified atom stereocenters. The van der Waals surface area contributed by atoms with Gasteiger partial charge in [0.25, 0.3) is 0 Å². The van der Waals surface area contributed by atoms with E-state index in [4.69, 9.17) is 0 Å². The number of carbonyl (C=O) groups excluding carboxylic acids is 1. The molecule has 5 nitrogen and oxygen atoms in total. The number of amides is 1. The Bertz CT molecular complexity index is 993. The summed E-state index contributed by atoms with van der Waals surface area (Å²) in [7, 11) is 0. The second-order valence-electron chi connectivity index (χ2n) is 7.97. The first kappa shape index (κ1) is 19.4. The summed E-state index contributed by atoms with van der Waals surface area (Å²) < 4.78 is 0. The van der Waals surface area contributed by atoms with Crippen molar-refractivity contribution in [3.8, 4) is 0 Å². The highest BCUT2D eigenvalue weighted by atomic mass is 16.1.